The van der Waals surface area contributed by atoms with E-state index in [1.54, 1.807) is 0 Å². The number of phenols is 3. The Bertz CT molecular complexity index is 1570. The van der Waals surface area contributed by atoms with Gasteiger partial charge in [-0.2, -0.15) is 0 Å². The van der Waals surface area contributed by atoms with E-state index in [0.29, 0.717) is 23.3 Å². The summed E-state index contributed by atoms with van der Waals surface area (Å²) in [5, 5.41) is 39.2. The van der Waals surface area contributed by atoms with Crippen molar-refractivity contribution in [1.82, 2.24) is 0 Å². The summed E-state index contributed by atoms with van der Waals surface area (Å²) in [6.07, 6.45) is 6.78. The zero-order valence-electron chi connectivity index (χ0n) is 22.0. The quantitative estimate of drug-likeness (QED) is 0.226. The largest absolute Gasteiger partial charge is 0.508 e. The van der Waals surface area contributed by atoms with Gasteiger partial charge in [0.05, 0.1) is 6.10 Å². The van der Waals surface area contributed by atoms with Crippen LogP contribution in [0.15, 0.2) is 75.9 Å². The van der Waals surface area contributed by atoms with Gasteiger partial charge in [0.1, 0.15) is 34.0 Å². The number of aliphatic hydroxyl groups excluding tert-OH is 1. The number of phenolic OH excluding ortho intramolecular Hbond substituents is 3. The Morgan fingerprint density at radius 3 is 2.46 bits per heavy atom. The van der Waals surface area contributed by atoms with Gasteiger partial charge in [0, 0.05) is 23.8 Å². The van der Waals surface area contributed by atoms with Crippen molar-refractivity contribution in [3.8, 4) is 28.6 Å². The maximum Gasteiger partial charge on any atom is 0.197 e. The second kappa shape index (κ2) is 9.76. The van der Waals surface area contributed by atoms with E-state index < -0.39 is 0 Å². The number of aryl methyl sites for hydroxylation is 1. The third kappa shape index (κ3) is 4.47. The van der Waals surface area contributed by atoms with Crippen LogP contribution in [0.4, 0.5) is 0 Å². The normalized spacial score (nSPS) is 27.1. The molecule has 0 unspecified atom stereocenters. The highest BCUT2D eigenvalue weighted by molar-refractivity contribution is 5.85. The van der Waals surface area contributed by atoms with Crippen LogP contribution in [0.2, 0.25) is 0 Å². The molecule has 3 aliphatic carbocycles. The van der Waals surface area contributed by atoms with E-state index in [0.717, 1.165) is 36.8 Å². The van der Waals surface area contributed by atoms with Crippen molar-refractivity contribution in [2.45, 2.75) is 57.5 Å². The first-order valence-electron chi connectivity index (χ1n) is 13.8. The Labute approximate surface area is 227 Å². The number of fused-ring (bicyclic) bond motifs is 6. The van der Waals surface area contributed by atoms with Crippen molar-refractivity contribution in [3.05, 3.63) is 88.1 Å². The van der Waals surface area contributed by atoms with Crippen LogP contribution in [0.3, 0.4) is 0 Å². The summed E-state index contributed by atoms with van der Waals surface area (Å²) in [6.45, 7) is 2.32. The maximum atomic E-state index is 12.0. The van der Waals surface area contributed by atoms with Crippen LogP contribution in [0.1, 0.15) is 56.1 Å². The molecular formula is C33H34O6. The highest BCUT2D eigenvalue weighted by Crippen LogP contribution is 2.60. The lowest BCUT2D eigenvalue weighted by atomic mass is 9.55. The Hall–Kier alpha value is -3.77. The highest BCUT2D eigenvalue weighted by Gasteiger charge is 2.54. The SMILES string of the molecule is C[C@]12CC[C@@H]3c4ccc(O)cc4CC[C@H]3[C@@H]1CC[C@@H]2O.O=c1cc(-c2ccccc2)oc2cc(O)cc(O)c12. The van der Waals surface area contributed by atoms with Gasteiger partial charge in [-0.15, -0.1) is 0 Å². The van der Waals surface area contributed by atoms with Crippen LogP contribution in [0.25, 0.3) is 22.3 Å². The molecule has 202 valence electrons. The fourth-order valence-corrected chi connectivity index (χ4v) is 7.54. The van der Waals surface area contributed by atoms with Gasteiger partial charge in [-0.25, -0.2) is 0 Å². The molecule has 0 bridgehead atoms. The van der Waals surface area contributed by atoms with Crippen molar-refractivity contribution >= 4 is 11.0 Å². The van der Waals surface area contributed by atoms with Gasteiger partial charge in [-0.3, -0.25) is 4.79 Å². The number of aromatic hydroxyl groups is 3. The summed E-state index contributed by atoms with van der Waals surface area (Å²) in [5.41, 5.74) is 3.55. The summed E-state index contributed by atoms with van der Waals surface area (Å²) in [7, 11) is 0. The molecular weight excluding hydrogens is 492 g/mol. The molecule has 39 heavy (non-hydrogen) atoms. The molecule has 0 amide bonds. The molecule has 2 saturated carbocycles. The molecule has 0 radical (unpaired) electrons. The van der Waals surface area contributed by atoms with Crippen LogP contribution >= 0.6 is 0 Å². The zero-order valence-corrected chi connectivity index (χ0v) is 22.0. The van der Waals surface area contributed by atoms with Gasteiger partial charge in [0.2, 0.25) is 0 Å². The molecule has 1 heterocycles. The second-order valence-electron chi connectivity index (χ2n) is 11.6. The number of benzene rings is 3. The van der Waals surface area contributed by atoms with E-state index in [-0.39, 0.29) is 39.4 Å². The monoisotopic (exact) mass is 526 g/mol. The Morgan fingerprint density at radius 1 is 0.872 bits per heavy atom. The van der Waals surface area contributed by atoms with Crippen molar-refractivity contribution < 1.29 is 24.8 Å². The topological polar surface area (TPSA) is 111 Å². The van der Waals surface area contributed by atoms with Crippen molar-refractivity contribution in [3.63, 3.8) is 0 Å². The average Bonchev–Trinajstić information content (AvgIpc) is 3.22. The van der Waals surface area contributed by atoms with Crippen LogP contribution in [-0.4, -0.2) is 26.5 Å². The lowest BCUT2D eigenvalue weighted by molar-refractivity contribution is -0.0226. The summed E-state index contributed by atoms with van der Waals surface area (Å²) >= 11 is 0. The maximum absolute atomic E-state index is 12.0. The fraction of sp³-hybridized carbons (Fsp3) is 0.364. The molecule has 5 atom stereocenters. The van der Waals surface area contributed by atoms with Gasteiger partial charge in [0.25, 0.3) is 0 Å². The van der Waals surface area contributed by atoms with Crippen LogP contribution in [0, 0.1) is 17.3 Å². The molecule has 4 aromatic rings. The molecule has 3 aromatic carbocycles. The Morgan fingerprint density at radius 2 is 1.67 bits per heavy atom. The number of hydrogen-bond donors (Lipinski definition) is 4. The van der Waals surface area contributed by atoms with E-state index in [1.165, 1.54) is 42.5 Å². The second-order valence-corrected chi connectivity index (χ2v) is 11.6. The molecule has 3 aliphatic rings. The molecule has 4 N–H and O–H groups in total. The Kier molecular flexibility index (Phi) is 6.38. The first-order chi connectivity index (χ1) is 18.7. The summed E-state index contributed by atoms with van der Waals surface area (Å²) in [6, 6.07) is 18.9. The molecule has 6 nitrogen and oxygen atoms in total. The predicted octanol–water partition coefficient (Wildman–Crippen LogP) is 6.48. The Balaban J connectivity index is 0.000000142. The van der Waals surface area contributed by atoms with Crippen LogP contribution < -0.4 is 5.43 Å². The van der Waals surface area contributed by atoms with Gasteiger partial charge in [-0.05, 0) is 85.0 Å². The van der Waals surface area contributed by atoms with Gasteiger partial charge in [0.15, 0.2) is 5.43 Å². The average molecular weight is 527 g/mol. The summed E-state index contributed by atoms with van der Waals surface area (Å²) in [4.78, 5) is 12.0. The van der Waals surface area contributed by atoms with Crippen LogP contribution in [0.5, 0.6) is 17.2 Å². The van der Waals surface area contributed by atoms with Gasteiger partial charge in [-0.1, -0.05) is 43.3 Å². The first-order valence-corrected chi connectivity index (χ1v) is 13.8. The van der Waals surface area contributed by atoms with Gasteiger partial charge >= 0.3 is 0 Å². The van der Waals surface area contributed by atoms with E-state index >= 15 is 0 Å². The smallest absolute Gasteiger partial charge is 0.197 e. The lowest BCUT2D eigenvalue weighted by Crippen LogP contribution is -2.43. The first kappa shape index (κ1) is 25.5. The van der Waals surface area contributed by atoms with E-state index in [1.807, 2.05) is 42.5 Å². The van der Waals surface area contributed by atoms with E-state index in [4.69, 9.17) is 4.42 Å². The number of rotatable bonds is 1. The lowest BCUT2D eigenvalue weighted by Gasteiger charge is -2.50. The molecule has 0 aliphatic heterocycles. The standard InChI is InChI=1S/C18H24O2.C15H10O4/c1-18-9-8-14-13-5-3-12(19)10-11(13)2-4-15(14)16(18)6-7-17(18)20;16-10-6-11(17)15-12(18)8-13(19-14(15)7-10)9-4-2-1-3-5-9/h3,5,10,14-17,19-20H,2,4,6-9H2,1H3;1-8,16-17H/t14-,15-,16+,17+,18+;/m1./s1. The number of hydrogen-bond acceptors (Lipinski definition) is 6. The summed E-state index contributed by atoms with van der Waals surface area (Å²) in [5.74, 6) is 2.44. The third-order valence-electron chi connectivity index (χ3n) is 9.51. The minimum absolute atomic E-state index is 0.0671. The molecule has 6 heteroatoms. The number of aliphatic hydroxyl groups is 1. The molecule has 1 aromatic heterocycles. The van der Waals surface area contributed by atoms with E-state index in [2.05, 4.69) is 13.0 Å². The third-order valence-corrected chi connectivity index (χ3v) is 9.51. The fourth-order valence-electron chi connectivity index (χ4n) is 7.54. The summed E-state index contributed by atoms with van der Waals surface area (Å²) < 4.78 is 5.57. The minimum Gasteiger partial charge on any atom is -0.508 e. The molecule has 0 spiro atoms. The van der Waals surface area contributed by atoms with Crippen molar-refractivity contribution in [2.75, 3.05) is 0 Å². The molecule has 7 rings (SSSR count). The minimum atomic E-state index is -0.349. The van der Waals surface area contributed by atoms with Crippen molar-refractivity contribution in [1.29, 1.82) is 0 Å². The van der Waals surface area contributed by atoms with Gasteiger partial charge < -0.3 is 24.8 Å². The molecule has 0 saturated heterocycles. The zero-order chi connectivity index (χ0) is 27.3. The predicted molar refractivity (Wildman–Crippen MR) is 150 cm³/mol. The van der Waals surface area contributed by atoms with Crippen molar-refractivity contribution in [2.24, 2.45) is 17.3 Å². The molecule has 2 fully saturated rings. The van der Waals surface area contributed by atoms with Crippen LogP contribution in [-0.2, 0) is 6.42 Å². The van der Waals surface area contributed by atoms with E-state index in [9.17, 15) is 25.2 Å². The highest BCUT2D eigenvalue weighted by atomic mass is 16.3.